The lowest BCUT2D eigenvalue weighted by atomic mass is 10.1. The lowest BCUT2D eigenvalue weighted by Gasteiger charge is -2.10. The van der Waals surface area contributed by atoms with Crippen LogP contribution in [0.5, 0.6) is 5.75 Å². The topological polar surface area (TPSA) is 79.1 Å². The van der Waals surface area contributed by atoms with Gasteiger partial charge in [-0.05, 0) is 46.3 Å². The molecule has 1 aliphatic rings. The van der Waals surface area contributed by atoms with Gasteiger partial charge in [0, 0.05) is 11.4 Å². The minimum absolute atomic E-state index is 0.0440. The molecule has 1 aliphatic heterocycles. The highest BCUT2D eigenvalue weighted by atomic mass is 35.5. The molecule has 7 nitrogen and oxygen atoms in total. The molecule has 2 aromatic carbocycles. The van der Waals surface area contributed by atoms with Gasteiger partial charge in [-0.25, -0.2) is 4.79 Å². The molecule has 4 rings (SSSR count). The van der Waals surface area contributed by atoms with Crippen LogP contribution >= 0.6 is 11.6 Å². The van der Waals surface area contributed by atoms with Crippen molar-refractivity contribution in [1.82, 2.24) is 20.2 Å². The van der Waals surface area contributed by atoms with Crippen molar-refractivity contribution in [3.05, 3.63) is 64.9 Å². The Kier molecular flexibility index (Phi) is 4.07. The van der Waals surface area contributed by atoms with E-state index in [1.807, 2.05) is 30.3 Å². The van der Waals surface area contributed by atoms with Crippen molar-refractivity contribution < 1.29 is 14.3 Å². The molecule has 8 heteroatoms. The molecule has 0 N–H and O–H groups in total. The van der Waals surface area contributed by atoms with Gasteiger partial charge in [-0.3, -0.25) is 0 Å². The molecule has 2 heterocycles. The number of benzene rings is 2. The average molecular weight is 357 g/mol. The number of aromatic nitrogens is 4. The molecular weight excluding hydrogens is 344 g/mol. The van der Waals surface area contributed by atoms with Gasteiger partial charge >= 0.3 is 5.97 Å². The Balaban J connectivity index is 1.42. The maximum Gasteiger partial charge on any atom is 0.348 e. The lowest BCUT2D eigenvalue weighted by Crippen LogP contribution is -2.27. The summed E-state index contributed by atoms with van der Waals surface area (Å²) in [5.74, 6) is 0.619. The molecule has 25 heavy (non-hydrogen) atoms. The number of hydrogen-bond donors (Lipinski definition) is 0. The second-order valence-electron chi connectivity index (χ2n) is 5.51. The van der Waals surface area contributed by atoms with Crippen molar-refractivity contribution in [2.24, 2.45) is 0 Å². The van der Waals surface area contributed by atoms with Crippen LogP contribution in [0.25, 0.3) is 5.69 Å². The van der Waals surface area contributed by atoms with Gasteiger partial charge in [-0.2, -0.15) is 4.68 Å². The normalized spacial score (nSPS) is 15.5. The third kappa shape index (κ3) is 3.18. The van der Waals surface area contributed by atoms with E-state index in [0.29, 0.717) is 23.0 Å². The Labute approximate surface area is 148 Å². The molecule has 0 saturated heterocycles. The van der Waals surface area contributed by atoms with Gasteiger partial charge in [0.05, 0.1) is 5.69 Å². The number of nitrogens with zero attached hydrogens (tertiary/aromatic N) is 4. The second kappa shape index (κ2) is 6.52. The maximum atomic E-state index is 12.3. The van der Waals surface area contributed by atoms with E-state index < -0.39 is 12.1 Å². The average Bonchev–Trinajstić information content (AvgIpc) is 3.26. The molecule has 1 unspecified atom stereocenters. The first-order chi connectivity index (χ1) is 12.2. The SMILES string of the molecule is O=C(OCc1nnnn1-c1ccccc1)C1Cc2cc(Cl)ccc2O1. The van der Waals surface area contributed by atoms with Gasteiger partial charge in [0.2, 0.25) is 0 Å². The summed E-state index contributed by atoms with van der Waals surface area (Å²) >= 11 is 5.96. The number of carbonyl (C=O) groups is 1. The highest BCUT2D eigenvalue weighted by Crippen LogP contribution is 2.31. The molecule has 0 radical (unpaired) electrons. The van der Waals surface area contributed by atoms with Crippen molar-refractivity contribution >= 4 is 17.6 Å². The van der Waals surface area contributed by atoms with Crippen LogP contribution in [0.1, 0.15) is 11.4 Å². The molecule has 0 bridgehead atoms. The summed E-state index contributed by atoms with van der Waals surface area (Å²) < 4.78 is 12.5. The van der Waals surface area contributed by atoms with E-state index in [9.17, 15) is 4.79 Å². The number of carbonyl (C=O) groups excluding carboxylic acids is 1. The van der Waals surface area contributed by atoms with Crippen molar-refractivity contribution in [3.63, 3.8) is 0 Å². The van der Waals surface area contributed by atoms with Gasteiger partial charge in [0.1, 0.15) is 5.75 Å². The van der Waals surface area contributed by atoms with E-state index in [-0.39, 0.29) is 6.61 Å². The summed E-state index contributed by atoms with van der Waals surface area (Å²) in [7, 11) is 0. The Bertz CT molecular complexity index is 913. The zero-order valence-electron chi connectivity index (χ0n) is 13.0. The number of ether oxygens (including phenoxy) is 2. The molecule has 0 aliphatic carbocycles. The van der Waals surface area contributed by atoms with Crippen molar-refractivity contribution in [2.75, 3.05) is 0 Å². The van der Waals surface area contributed by atoms with Gasteiger partial charge in [-0.15, -0.1) is 5.10 Å². The predicted molar refractivity (Wildman–Crippen MR) is 88.5 cm³/mol. The van der Waals surface area contributed by atoms with Crippen LogP contribution in [-0.4, -0.2) is 32.3 Å². The number of halogens is 1. The Morgan fingerprint density at radius 1 is 1.28 bits per heavy atom. The van der Waals surface area contributed by atoms with Crippen molar-refractivity contribution in [2.45, 2.75) is 19.1 Å². The molecular formula is C17H13ClN4O3. The van der Waals surface area contributed by atoms with Crippen LogP contribution in [0.15, 0.2) is 48.5 Å². The van der Waals surface area contributed by atoms with E-state index in [1.165, 1.54) is 4.68 Å². The summed E-state index contributed by atoms with van der Waals surface area (Å²) in [6, 6.07) is 14.6. The quantitative estimate of drug-likeness (QED) is 0.668. The fourth-order valence-electron chi connectivity index (χ4n) is 2.64. The third-order valence-electron chi connectivity index (χ3n) is 3.84. The highest BCUT2D eigenvalue weighted by Gasteiger charge is 2.31. The summed E-state index contributed by atoms with van der Waals surface area (Å²) in [5, 5.41) is 12.1. The number of esters is 1. The van der Waals surface area contributed by atoms with Crippen LogP contribution in [0.4, 0.5) is 0 Å². The lowest BCUT2D eigenvalue weighted by molar-refractivity contribution is -0.152. The first-order valence-corrected chi connectivity index (χ1v) is 8.03. The van der Waals surface area contributed by atoms with E-state index in [1.54, 1.807) is 18.2 Å². The van der Waals surface area contributed by atoms with Gasteiger partial charge in [0.15, 0.2) is 18.5 Å². The van der Waals surface area contributed by atoms with Crippen LogP contribution in [-0.2, 0) is 22.6 Å². The van der Waals surface area contributed by atoms with E-state index >= 15 is 0 Å². The summed E-state index contributed by atoms with van der Waals surface area (Å²) in [5.41, 5.74) is 1.68. The van der Waals surface area contributed by atoms with E-state index in [0.717, 1.165) is 11.3 Å². The smallest absolute Gasteiger partial charge is 0.348 e. The minimum atomic E-state index is -0.686. The zero-order valence-corrected chi connectivity index (χ0v) is 13.8. The fraction of sp³-hybridized carbons (Fsp3) is 0.176. The first-order valence-electron chi connectivity index (χ1n) is 7.65. The number of rotatable bonds is 4. The van der Waals surface area contributed by atoms with Crippen LogP contribution < -0.4 is 4.74 Å². The Morgan fingerprint density at radius 2 is 2.12 bits per heavy atom. The number of tetrazole rings is 1. The highest BCUT2D eigenvalue weighted by molar-refractivity contribution is 6.30. The maximum absolute atomic E-state index is 12.3. The molecule has 3 aromatic rings. The molecule has 126 valence electrons. The number of fused-ring (bicyclic) bond motifs is 1. The van der Waals surface area contributed by atoms with Crippen LogP contribution in [0, 0.1) is 0 Å². The molecule has 0 amide bonds. The standard InChI is InChI=1S/C17H13ClN4O3/c18-12-6-7-14-11(8-12)9-15(25-14)17(23)24-10-16-19-20-21-22(16)13-4-2-1-3-5-13/h1-8,15H,9-10H2. The van der Waals surface area contributed by atoms with Crippen molar-refractivity contribution in [3.8, 4) is 11.4 Å². The molecule has 0 fully saturated rings. The number of hydrogen-bond acceptors (Lipinski definition) is 6. The third-order valence-corrected chi connectivity index (χ3v) is 4.07. The monoisotopic (exact) mass is 356 g/mol. The summed E-state index contributed by atoms with van der Waals surface area (Å²) in [4.78, 5) is 12.3. The largest absolute Gasteiger partial charge is 0.478 e. The van der Waals surface area contributed by atoms with Crippen LogP contribution in [0.2, 0.25) is 5.02 Å². The molecule has 1 aromatic heterocycles. The Hall–Kier alpha value is -2.93. The first kappa shape index (κ1) is 15.6. The minimum Gasteiger partial charge on any atom is -0.478 e. The molecule has 0 spiro atoms. The van der Waals surface area contributed by atoms with Gasteiger partial charge < -0.3 is 9.47 Å². The molecule has 0 saturated carbocycles. The zero-order chi connectivity index (χ0) is 17.2. The van der Waals surface area contributed by atoms with E-state index in [4.69, 9.17) is 21.1 Å². The van der Waals surface area contributed by atoms with Crippen LogP contribution in [0.3, 0.4) is 0 Å². The Morgan fingerprint density at radius 3 is 2.96 bits per heavy atom. The molecule has 1 atom stereocenters. The van der Waals surface area contributed by atoms with Crippen molar-refractivity contribution in [1.29, 1.82) is 0 Å². The summed E-state index contributed by atoms with van der Waals surface area (Å²) in [6.45, 7) is -0.0440. The predicted octanol–water partition coefficient (Wildman–Crippen LogP) is 2.36. The van der Waals surface area contributed by atoms with E-state index in [2.05, 4.69) is 15.5 Å². The number of para-hydroxylation sites is 1. The summed E-state index contributed by atoms with van der Waals surface area (Å²) in [6.07, 6.45) is -0.257. The van der Waals surface area contributed by atoms with Gasteiger partial charge in [0.25, 0.3) is 0 Å². The second-order valence-corrected chi connectivity index (χ2v) is 5.95. The fourth-order valence-corrected chi connectivity index (χ4v) is 2.84. The van der Waals surface area contributed by atoms with Gasteiger partial charge in [-0.1, -0.05) is 29.8 Å².